The number of benzene rings is 3. The van der Waals surface area contributed by atoms with E-state index in [0.717, 1.165) is 29.2 Å². The van der Waals surface area contributed by atoms with Crippen LogP contribution >= 0.6 is 0 Å². The Labute approximate surface area is 228 Å². The summed E-state index contributed by atoms with van der Waals surface area (Å²) in [6, 6.07) is 22.9. The Morgan fingerprint density at radius 2 is 1.51 bits per heavy atom. The predicted octanol–water partition coefficient (Wildman–Crippen LogP) is 5.17. The minimum Gasteiger partial charge on any atom is -0.497 e. The summed E-state index contributed by atoms with van der Waals surface area (Å²) in [6.45, 7) is 3.97. The van der Waals surface area contributed by atoms with Gasteiger partial charge in [-0.1, -0.05) is 0 Å². The number of sulfonamides is 1. The minimum atomic E-state index is -3.72. The number of nitrogens with zero attached hydrogens (tertiary/aromatic N) is 3. The highest BCUT2D eigenvalue weighted by atomic mass is 32.2. The molecule has 0 radical (unpaired) electrons. The molecule has 0 bridgehead atoms. The van der Waals surface area contributed by atoms with Crippen molar-refractivity contribution in [2.24, 2.45) is 0 Å². The van der Waals surface area contributed by atoms with Crippen LogP contribution in [0.1, 0.15) is 12.8 Å². The summed E-state index contributed by atoms with van der Waals surface area (Å²) in [6.07, 6.45) is 4.07. The lowest BCUT2D eigenvalue weighted by atomic mass is 10.1. The Balaban J connectivity index is 1.18. The van der Waals surface area contributed by atoms with Crippen LogP contribution in [0.2, 0.25) is 0 Å². The summed E-state index contributed by atoms with van der Waals surface area (Å²) in [4.78, 5) is 11.3. The van der Waals surface area contributed by atoms with Crippen LogP contribution in [0.15, 0.2) is 90.1 Å². The van der Waals surface area contributed by atoms with Crippen molar-refractivity contribution in [3.05, 3.63) is 85.2 Å². The molecule has 1 aliphatic heterocycles. The first-order valence-corrected chi connectivity index (χ1v) is 14.3. The van der Waals surface area contributed by atoms with E-state index in [1.165, 1.54) is 51.5 Å². The van der Waals surface area contributed by atoms with Gasteiger partial charge in [0.1, 0.15) is 30.3 Å². The molecule has 0 atom stereocenters. The molecule has 0 aliphatic carbocycles. The number of nitrogens with one attached hydrogen (secondary N) is 2. The number of rotatable bonds is 11. The summed E-state index contributed by atoms with van der Waals surface area (Å²) >= 11 is 0. The molecule has 1 saturated heterocycles. The van der Waals surface area contributed by atoms with Crippen molar-refractivity contribution in [3.8, 4) is 22.8 Å². The van der Waals surface area contributed by atoms with Gasteiger partial charge in [0.2, 0.25) is 0 Å². The third kappa shape index (κ3) is 7.04. The first-order chi connectivity index (χ1) is 19.0. The molecule has 4 aromatic rings. The second kappa shape index (κ2) is 12.1. The first-order valence-electron chi connectivity index (χ1n) is 12.8. The van der Waals surface area contributed by atoms with E-state index in [1.807, 2.05) is 30.3 Å². The number of methoxy groups -OCH3 is 1. The van der Waals surface area contributed by atoms with E-state index in [2.05, 4.69) is 24.9 Å². The molecule has 1 aromatic heterocycles. The van der Waals surface area contributed by atoms with Crippen LogP contribution in [-0.2, 0) is 10.0 Å². The van der Waals surface area contributed by atoms with Gasteiger partial charge in [0.05, 0.1) is 17.7 Å². The highest BCUT2D eigenvalue weighted by Crippen LogP contribution is 2.25. The van der Waals surface area contributed by atoms with E-state index in [-0.39, 0.29) is 4.90 Å². The van der Waals surface area contributed by atoms with Crippen molar-refractivity contribution < 1.29 is 17.9 Å². The van der Waals surface area contributed by atoms with Crippen LogP contribution in [0.5, 0.6) is 11.5 Å². The van der Waals surface area contributed by atoms with Crippen LogP contribution in [0, 0.1) is 0 Å². The van der Waals surface area contributed by atoms with Gasteiger partial charge in [-0.3, -0.25) is 9.62 Å². The van der Waals surface area contributed by atoms with E-state index in [9.17, 15) is 8.42 Å². The summed E-state index contributed by atoms with van der Waals surface area (Å²) in [5, 5.41) is 3.24. The molecule has 5 rings (SSSR count). The van der Waals surface area contributed by atoms with Gasteiger partial charge in [0.15, 0.2) is 0 Å². The predicted molar refractivity (Wildman–Crippen MR) is 152 cm³/mol. The molecule has 0 spiro atoms. The molecule has 0 unspecified atom stereocenters. The maximum Gasteiger partial charge on any atom is 0.261 e. The molecular weight excluding hydrogens is 514 g/mol. The summed E-state index contributed by atoms with van der Waals surface area (Å²) in [7, 11) is -2.18. The smallest absolute Gasteiger partial charge is 0.261 e. The van der Waals surface area contributed by atoms with Crippen LogP contribution in [0.25, 0.3) is 11.3 Å². The Morgan fingerprint density at radius 3 is 2.21 bits per heavy atom. The maximum atomic E-state index is 12.7. The zero-order valence-corrected chi connectivity index (χ0v) is 22.5. The van der Waals surface area contributed by atoms with E-state index >= 15 is 0 Å². The quantitative estimate of drug-likeness (QED) is 0.266. The third-order valence-corrected chi connectivity index (χ3v) is 7.87. The van der Waals surface area contributed by atoms with Crippen LogP contribution in [0.4, 0.5) is 17.2 Å². The fourth-order valence-electron chi connectivity index (χ4n) is 4.34. The zero-order valence-electron chi connectivity index (χ0n) is 21.7. The molecule has 10 heteroatoms. The lowest BCUT2D eigenvalue weighted by Crippen LogP contribution is -2.25. The fourth-order valence-corrected chi connectivity index (χ4v) is 5.40. The van der Waals surface area contributed by atoms with Crippen molar-refractivity contribution in [2.75, 3.05) is 43.4 Å². The average molecular weight is 546 g/mol. The second-order valence-corrected chi connectivity index (χ2v) is 10.9. The van der Waals surface area contributed by atoms with Crippen molar-refractivity contribution >= 4 is 27.2 Å². The van der Waals surface area contributed by atoms with Crippen LogP contribution in [0.3, 0.4) is 0 Å². The first kappa shape index (κ1) is 26.5. The molecule has 1 fully saturated rings. The Morgan fingerprint density at radius 1 is 0.846 bits per heavy atom. The topological polar surface area (TPSA) is 106 Å². The van der Waals surface area contributed by atoms with Crippen molar-refractivity contribution in [1.82, 2.24) is 14.9 Å². The SMILES string of the molecule is COc1ccc(S(=O)(=O)Nc2ccc(Nc3cc(-c4ccc(OCCN5CCCC5)cc4)ncn3)cc2)cc1. The minimum absolute atomic E-state index is 0.153. The van der Waals surface area contributed by atoms with Crippen LogP contribution in [-0.4, -0.2) is 56.6 Å². The van der Waals surface area contributed by atoms with E-state index in [4.69, 9.17) is 9.47 Å². The molecule has 3 aromatic carbocycles. The third-order valence-electron chi connectivity index (χ3n) is 6.47. The fraction of sp³-hybridized carbons (Fsp3) is 0.241. The molecule has 2 N–H and O–H groups in total. The zero-order chi connectivity index (χ0) is 27.1. The summed E-state index contributed by atoms with van der Waals surface area (Å²) in [5.41, 5.74) is 2.94. The molecule has 202 valence electrons. The van der Waals surface area contributed by atoms with Crippen molar-refractivity contribution in [3.63, 3.8) is 0 Å². The van der Waals surface area contributed by atoms with Crippen LogP contribution < -0.4 is 19.5 Å². The molecule has 0 amide bonds. The second-order valence-electron chi connectivity index (χ2n) is 9.19. The van der Waals surface area contributed by atoms with Gasteiger partial charge in [-0.15, -0.1) is 0 Å². The lowest BCUT2D eigenvalue weighted by molar-refractivity contribution is 0.238. The van der Waals surface area contributed by atoms with Gasteiger partial charge < -0.3 is 14.8 Å². The normalized spacial score (nSPS) is 13.7. The number of anilines is 3. The van der Waals surface area contributed by atoms with Gasteiger partial charge in [-0.2, -0.15) is 0 Å². The Bertz CT molecular complexity index is 1470. The van der Waals surface area contributed by atoms with Gasteiger partial charge in [-0.25, -0.2) is 18.4 Å². The Hall–Kier alpha value is -4.15. The molecule has 2 heterocycles. The standard InChI is InChI=1S/C29H31N5O4S/c1-37-25-12-14-27(15-13-25)39(35,36)33-24-8-6-23(7-9-24)32-29-20-28(30-21-31-29)22-4-10-26(11-5-22)38-19-18-34-16-2-3-17-34/h4-15,20-21,33H,2-3,16-19H2,1H3,(H,30,31,32). The molecule has 1 aliphatic rings. The largest absolute Gasteiger partial charge is 0.497 e. The number of aromatic nitrogens is 2. The van der Waals surface area contributed by atoms with Gasteiger partial charge >= 0.3 is 0 Å². The summed E-state index contributed by atoms with van der Waals surface area (Å²) in [5.74, 6) is 2.05. The van der Waals surface area contributed by atoms with Gasteiger partial charge in [-0.05, 0) is 98.7 Å². The van der Waals surface area contributed by atoms with Gasteiger partial charge in [0.25, 0.3) is 10.0 Å². The highest BCUT2D eigenvalue weighted by molar-refractivity contribution is 7.92. The number of hydrogen-bond donors (Lipinski definition) is 2. The number of hydrogen-bond acceptors (Lipinski definition) is 8. The molecule has 0 saturated carbocycles. The van der Waals surface area contributed by atoms with E-state index < -0.39 is 10.0 Å². The highest BCUT2D eigenvalue weighted by Gasteiger charge is 2.14. The molecule has 39 heavy (non-hydrogen) atoms. The van der Waals surface area contributed by atoms with Crippen molar-refractivity contribution in [2.45, 2.75) is 17.7 Å². The lowest BCUT2D eigenvalue weighted by Gasteiger charge is -2.15. The Kier molecular flexibility index (Phi) is 8.24. The molecule has 9 nitrogen and oxygen atoms in total. The van der Waals surface area contributed by atoms with E-state index in [1.54, 1.807) is 36.4 Å². The number of ether oxygens (including phenoxy) is 2. The monoisotopic (exact) mass is 545 g/mol. The number of likely N-dealkylation sites (tertiary alicyclic amines) is 1. The average Bonchev–Trinajstić information content (AvgIpc) is 3.48. The molecular formula is C29H31N5O4S. The van der Waals surface area contributed by atoms with Gasteiger partial charge in [0, 0.05) is 29.5 Å². The summed E-state index contributed by atoms with van der Waals surface area (Å²) < 4.78 is 38.9. The van der Waals surface area contributed by atoms with Crippen molar-refractivity contribution in [1.29, 1.82) is 0 Å². The van der Waals surface area contributed by atoms with E-state index in [0.29, 0.717) is 23.9 Å². The maximum absolute atomic E-state index is 12.7.